The highest BCUT2D eigenvalue weighted by Crippen LogP contribution is 2.31. The summed E-state index contributed by atoms with van der Waals surface area (Å²) in [4.78, 5) is 18.6. The van der Waals surface area contributed by atoms with E-state index in [0.717, 1.165) is 22.7 Å². The number of ether oxygens (including phenoxy) is 1. The summed E-state index contributed by atoms with van der Waals surface area (Å²) in [6.07, 6.45) is 0. The highest BCUT2D eigenvalue weighted by molar-refractivity contribution is 5.94. The minimum atomic E-state index is -0.0999. The van der Waals surface area contributed by atoms with Gasteiger partial charge in [-0.2, -0.15) is 0 Å². The molecule has 1 amide bonds. The van der Waals surface area contributed by atoms with Crippen LogP contribution in [0.5, 0.6) is 11.5 Å². The summed E-state index contributed by atoms with van der Waals surface area (Å²) in [6, 6.07) is 24.6. The number of nitrogens with two attached hydrogens (primary N) is 1. The Hall–Kier alpha value is -3.80. The third-order valence-electron chi connectivity index (χ3n) is 4.65. The van der Waals surface area contributed by atoms with Crippen molar-refractivity contribution >= 4 is 17.6 Å². The lowest BCUT2D eigenvalue weighted by Gasteiger charge is -2.28. The van der Waals surface area contributed by atoms with E-state index < -0.39 is 0 Å². The van der Waals surface area contributed by atoms with Crippen molar-refractivity contribution in [3.8, 4) is 11.5 Å². The summed E-state index contributed by atoms with van der Waals surface area (Å²) in [6.45, 7) is 1.65. The number of fused-ring (bicyclic) bond motifs is 1. The number of para-hydroxylation sites is 1. The van der Waals surface area contributed by atoms with Gasteiger partial charge in [0.1, 0.15) is 11.5 Å². The van der Waals surface area contributed by atoms with E-state index in [1.54, 1.807) is 12.1 Å². The van der Waals surface area contributed by atoms with Crippen molar-refractivity contribution in [1.82, 2.24) is 10.2 Å². The summed E-state index contributed by atoms with van der Waals surface area (Å²) in [5, 5.41) is 2.92. The smallest absolute Gasteiger partial charge is 0.251 e. The van der Waals surface area contributed by atoms with Gasteiger partial charge in [0, 0.05) is 30.8 Å². The van der Waals surface area contributed by atoms with Crippen LogP contribution >= 0.6 is 0 Å². The molecule has 0 aliphatic carbocycles. The fourth-order valence-corrected chi connectivity index (χ4v) is 3.16. The van der Waals surface area contributed by atoms with Crippen molar-refractivity contribution in [2.45, 2.75) is 6.54 Å². The Morgan fingerprint density at radius 2 is 1.72 bits per heavy atom. The zero-order valence-electron chi connectivity index (χ0n) is 15.9. The first kappa shape index (κ1) is 18.6. The molecule has 0 saturated carbocycles. The number of guanidine groups is 1. The molecule has 0 spiro atoms. The van der Waals surface area contributed by atoms with Crippen molar-refractivity contribution in [1.29, 1.82) is 0 Å². The Balaban J connectivity index is 1.38. The summed E-state index contributed by atoms with van der Waals surface area (Å²) in [7, 11) is 0. The normalized spacial score (nSPS) is 12.7. The van der Waals surface area contributed by atoms with Crippen LogP contribution < -0.4 is 15.8 Å². The molecule has 0 bridgehead atoms. The van der Waals surface area contributed by atoms with Gasteiger partial charge in [-0.05, 0) is 42.5 Å². The molecular weight excluding hydrogens is 364 g/mol. The summed E-state index contributed by atoms with van der Waals surface area (Å²) in [5.41, 5.74) is 8.62. The average Bonchev–Trinajstić information content (AvgIpc) is 2.75. The van der Waals surface area contributed by atoms with Gasteiger partial charge in [0.15, 0.2) is 5.96 Å². The molecular formula is C23H22N4O2. The van der Waals surface area contributed by atoms with E-state index >= 15 is 0 Å². The minimum Gasteiger partial charge on any atom is -0.457 e. The second kappa shape index (κ2) is 8.48. The fraction of sp³-hybridized carbons (Fsp3) is 0.130. The molecule has 6 heteroatoms. The van der Waals surface area contributed by atoms with Crippen LogP contribution in [-0.4, -0.2) is 29.9 Å². The van der Waals surface area contributed by atoms with E-state index in [9.17, 15) is 4.79 Å². The number of rotatable bonds is 6. The third-order valence-corrected chi connectivity index (χ3v) is 4.65. The lowest BCUT2D eigenvalue weighted by molar-refractivity contribution is 0.0951. The molecule has 3 aromatic rings. The standard InChI is InChI=1S/C23H22N4O2/c24-23-26-21-12-11-20(29-19-9-5-2-6-10-19)15-18(21)16-27(23)14-13-25-22(28)17-7-3-1-4-8-17/h1-12,15H,13-14,16H2,(H2,24,26)(H,25,28). The van der Waals surface area contributed by atoms with Crippen LogP contribution in [0.3, 0.4) is 0 Å². The lowest BCUT2D eigenvalue weighted by atomic mass is 10.1. The number of nitrogens with one attached hydrogen (secondary N) is 1. The highest BCUT2D eigenvalue weighted by atomic mass is 16.5. The van der Waals surface area contributed by atoms with Gasteiger partial charge in [0.25, 0.3) is 5.91 Å². The van der Waals surface area contributed by atoms with E-state index in [2.05, 4.69) is 10.3 Å². The van der Waals surface area contributed by atoms with Gasteiger partial charge in [0.2, 0.25) is 0 Å². The second-order valence-corrected chi connectivity index (χ2v) is 6.72. The van der Waals surface area contributed by atoms with Gasteiger partial charge in [-0.3, -0.25) is 4.79 Å². The Morgan fingerprint density at radius 1 is 1.00 bits per heavy atom. The number of hydrogen-bond acceptors (Lipinski definition) is 5. The molecule has 3 aromatic carbocycles. The molecule has 1 aliphatic heterocycles. The van der Waals surface area contributed by atoms with Crippen molar-refractivity contribution in [2.24, 2.45) is 10.7 Å². The number of nitrogens with zero attached hydrogens (tertiary/aromatic N) is 2. The van der Waals surface area contributed by atoms with Gasteiger partial charge < -0.3 is 20.7 Å². The van der Waals surface area contributed by atoms with Crippen LogP contribution in [0.15, 0.2) is 83.9 Å². The lowest BCUT2D eigenvalue weighted by Crippen LogP contribution is -2.43. The van der Waals surface area contributed by atoms with Crippen LogP contribution in [0.4, 0.5) is 5.69 Å². The van der Waals surface area contributed by atoms with Crippen LogP contribution in [0.1, 0.15) is 15.9 Å². The molecule has 3 N–H and O–H groups in total. The van der Waals surface area contributed by atoms with Gasteiger partial charge in [-0.25, -0.2) is 4.99 Å². The van der Waals surface area contributed by atoms with Gasteiger partial charge in [0.05, 0.1) is 5.69 Å². The number of carbonyl (C=O) groups excluding carboxylic acids is 1. The highest BCUT2D eigenvalue weighted by Gasteiger charge is 2.18. The SMILES string of the molecule is NC1=Nc2ccc(Oc3ccccc3)cc2CN1CCNC(=O)c1ccccc1. The topological polar surface area (TPSA) is 80.0 Å². The summed E-state index contributed by atoms with van der Waals surface area (Å²) in [5.74, 6) is 1.88. The maximum Gasteiger partial charge on any atom is 0.251 e. The largest absolute Gasteiger partial charge is 0.457 e. The maximum atomic E-state index is 12.2. The predicted octanol–water partition coefficient (Wildman–Crippen LogP) is 3.67. The summed E-state index contributed by atoms with van der Waals surface area (Å²) >= 11 is 0. The zero-order valence-corrected chi connectivity index (χ0v) is 15.9. The van der Waals surface area contributed by atoms with Crippen LogP contribution in [-0.2, 0) is 6.54 Å². The van der Waals surface area contributed by atoms with Crippen LogP contribution in [0.25, 0.3) is 0 Å². The summed E-state index contributed by atoms with van der Waals surface area (Å²) < 4.78 is 5.91. The van der Waals surface area contributed by atoms with Crippen molar-refractivity contribution in [2.75, 3.05) is 13.1 Å². The van der Waals surface area contributed by atoms with Crippen molar-refractivity contribution in [3.63, 3.8) is 0 Å². The van der Waals surface area contributed by atoms with E-state index in [-0.39, 0.29) is 5.91 Å². The Kier molecular flexibility index (Phi) is 5.42. The van der Waals surface area contributed by atoms with Gasteiger partial charge >= 0.3 is 0 Å². The number of benzene rings is 3. The molecule has 1 heterocycles. The first-order valence-corrected chi connectivity index (χ1v) is 9.47. The van der Waals surface area contributed by atoms with E-state index in [1.165, 1.54) is 0 Å². The van der Waals surface area contributed by atoms with Crippen molar-refractivity contribution < 1.29 is 9.53 Å². The quantitative estimate of drug-likeness (QED) is 0.677. The number of carbonyl (C=O) groups is 1. The van der Waals surface area contributed by atoms with Crippen molar-refractivity contribution in [3.05, 3.63) is 90.0 Å². The first-order chi connectivity index (χ1) is 14.2. The average molecular weight is 386 g/mol. The maximum absolute atomic E-state index is 12.2. The minimum absolute atomic E-state index is 0.0999. The van der Waals surface area contributed by atoms with E-state index in [0.29, 0.717) is 31.2 Å². The third kappa shape index (κ3) is 4.55. The Labute approximate surface area is 169 Å². The Morgan fingerprint density at radius 3 is 2.48 bits per heavy atom. The number of amides is 1. The molecule has 1 aliphatic rings. The fourth-order valence-electron chi connectivity index (χ4n) is 3.16. The molecule has 0 fully saturated rings. The predicted molar refractivity (Wildman–Crippen MR) is 113 cm³/mol. The Bertz CT molecular complexity index is 1020. The molecule has 0 saturated heterocycles. The van der Waals surface area contributed by atoms with Gasteiger partial charge in [-0.1, -0.05) is 36.4 Å². The van der Waals surface area contributed by atoms with E-state index in [4.69, 9.17) is 10.5 Å². The molecule has 6 nitrogen and oxygen atoms in total. The monoisotopic (exact) mass is 386 g/mol. The number of aliphatic imine (C=N–C) groups is 1. The van der Waals surface area contributed by atoms with E-state index in [1.807, 2.05) is 71.6 Å². The first-order valence-electron chi connectivity index (χ1n) is 9.47. The molecule has 146 valence electrons. The number of hydrogen-bond donors (Lipinski definition) is 2. The molecule has 0 unspecified atom stereocenters. The van der Waals surface area contributed by atoms with Gasteiger partial charge in [-0.15, -0.1) is 0 Å². The van der Waals surface area contributed by atoms with Crippen LogP contribution in [0, 0.1) is 0 Å². The molecule has 0 atom stereocenters. The van der Waals surface area contributed by atoms with Crippen LogP contribution in [0.2, 0.25) is 0 Å². The molecule has 0 radical (unpaired) electrons. The zero-order chi connectivity index (χ0) is 20.1. The molecule has 29 heavy (non-hydrogen) atoms. The molecule has 4 rings (SSSR count). The second-order valence-electron chi connectivity index (χ2n) is 6.72. The molecule has 0 aromatic heterocycles.